The summed E-state index contributed by atoms with van der Waals surface area (Å²) in [6.45, 7) is 1.38. The van der Waals surface area contributed by atoms with E-state index in [0.29, 0.717) is 25.9 Å². The first-order valence-electron chi connectivity index (χ1n) is 7.46. The molecular formula is C15H14N4O4. The Morgan fingerprint density at radius 2 is 1.30 bits per heavy atom. The van der Waals surface area contributed by atoms with E-state index in [9.17, 15) is 19.2 Å². The summed E-state index contributed by atoms with van der Waals surface area (Å²) >= 11 is 0. The average Bonchev–Trinajstić information content (AvgIpc) is 2.85. The minimum absolute atomic E-state index is 0.0181. The topological polar surface area (TPSA) is 117 Å². The Bertz CT molecular complexity index is 1050. The number of hydrogen-bond acceptors (Lipinski definition) is 5. The fourth-order valence-corrected chi connectivity index (χ4v) is 3.37. The second-order valence-electron chi connectivity index (χ2n) is 5.74. The molecule has 4 rings (SSSR count). The van der Waals surface area contributed by atoms with Crippen molar-refractivity contribution >= 4 is 21.8 Å². The number of nitrogens with zero attached hydrogens (tertiary/aromatic N) is 1. The summed E-state index contributed by atoms with van der Waals surface area (Å²) in [5.74, 6) is 0. The van der Waals surface area contributed by atoms with Crippen LogP contribution in [-0.4, -0.2) is 27.6 Å². The van der Waals surface area contributed by atoms with Gasteiger partial charge in [0, 0.05) is 18.4 Å². The van der Waals surface area contributed by atoms with Crippen molar-refractivity contribution in [2.45, 2.75) is 18.9 Å². The van der Waals surface area contributed by atoms with Gasteiger partial charge in [0.2, 0.25) is 10.9 Å². The van der Waals surface area contributed by atoms with Gasteiger partial charge in [-0.2, -0.15) is 0 Å². The van der Waals surface area contributed by atoms with Crippen LogP contribution in [0.5, 0.6) is 0 Å². The summed E-state index contributed by atoms with van der Waals surface area (Å²) in [5.41, 5.74) is -2.49. The van der Waals surface area contributed by atoms with Gasteiger partial charge in [-0.05, 0) is 25.9 Å². The zero-order chi connectivity index (χ0) is 16.1. The monoisotopic (exact) mass is 314 g/mol. The van der Waals surface area contributed by atoms with Gasteiger partial charge in [0.1, 0.15) is 21.8 Å². The van der Waals surface area contributed by atoms with Crippen LogP contribution in [0.1, 0.15) is 18.9 Å². The number of aromatic amines is 2. The van der Waals surface area contributed by atoms with Crippen LogP contribution in [0.15, 0.2) is 31.6 Å². The third-order valence-electron chi connectivity index (χ3n) is 4.49. The Morgan fingerprint density at radius 3 is 1.78 bits per heavy atom. The number of nitrogens with one attached hydrogen (secondary N) is 3. The van der Waals surface area contributed by atoms with E-state index in [-0.39, 0.29) is 27.8 Å². The number of hydrogen-bond donors (Lipinski definition) is 3. The molecule has 3 N–H and O–H groups in total. The van der Waals surface area contributed by atoms with Crippen molar-refractivity contribution in [3.63, 3.8) is 0 Å². The van der Waals surface area contributed by atoms with Crippen LogP contribution in [-0.2, 0) is 0 Å². The Hall–Kier alpha value is -2.74. The quantitative estimate of drug-likeness (QED) is 0.546. The normalized spacial score (nSPS) is 16.3. The lowest BCUT2D eigenvalue weighted by Crippen LogP contribution is -2.37. The third-order valence-corrected chi connectivity index (χ3v) is 4.49. The van der Waals surface area contributed by atoms with Gasteiger partial charge in [-0.3, -0.25) is 23.7 Å². The molecule has 2 aromatic heterocycles. The molecule has 1 aromatic carbocycles. The Balaban J connectivity index is 2.19. The largest absolute Gasteiger partial charge is 0.355 e. The highest BCUT2D eigenvalue weighted by molar-refractivity contribution is 5.94. The molecule has 1 fully saturated rings. The van der Waals surface area contributed by atoms with Crippen LogP contribution in [0.3, 0.4) is 0 Å². The minimum Gasteiger partial charge on any atom is -0.355 e. The zero-order valence-corrected chi connectivity index (χ0v) is 12.1. The molecule has 0 amide bonds. The number of rotatable bonds is 1. The van der Waals surface area contributed by atoms with Crippen molar-refractivity contribution in [2.24, 2.45) is 0 Å². The van der Waals surface area contributed by atoms with Gasteiger partial charge in [0.25, 0.3) is 11.1 Å². The molecule has 118 valence electrons. The predicted octanol–water partition coefficient (Wildman–Crippen LogP) is -0.746. The summed E-state index contributed by atoms with van der Waals surface area (Å²) < 4.78 is 1.09. The second kappa shape index (κ2) is 4.88. The van der Waals surface area contributed by atoms with E-state index in [1.165, 1.54) is 12.4 Å². The predicted molar refractivity (Wildman–Crippen MR) is 85.6 cm³/mol. The lowest BCUT2D eigenvalue weighted by Gasteiger charge is -2.22. The summed E-state index contributed by atoms with van der Waals surface area (Å²) in [4.78, 5) is 55.8. The minimum atomic E-state index is -0.654. The SMILES string of the molecule is O=c1c2[nH]cc[nH]c2c(=O)c2c(=O)n(C3CCNCC3)c(=O)c12. The van der Waals surface area contributed by atoms with Crippen LogP contribution < -0.4 is 27.3 Å². The first kappa shape index (κ1) is 13.9. The van der Waals surface area contributed by atoms with E-state index in [4.69, 9.17) is 0 Å². The molecule has 23 heavy (non-hydrogen) atoms. The lowest BCUT2D eigenvalue weighted by molar-refractivity contribution is 0.358. The van der Waals surface area contributed by atoms with E-state index < -0.39 is 22.0 Å². The van der Waals surface area contributed by atoms with Gasteiger partial charge in [-0.1, -0.05) is 0 Å². The first-order valence-corrected chi connectivity index (χ1v) is 7.46. The highest BCUT2D eigenvalue weighted by Gasteiger charge is 2.26. The molecule has 0 aliphatic carbocycles. The number of H-pyrrole nitrogens is 2. The fourth-order valence-electron chi connectivity index (χ4n) is 3.37. The molecule has 3 aromatic rings. The van der Waals surface area contributed by atoms with Gasteiger partial charge >= 0.3 is 0 Å². The van der Waals surface area contributed by atoms with Crippen LogP contribution in [0.2, 0.25) is 0 Å². The van der Waals surface area contributed by atoms with Gasteiger partial charge in [-0.25, -0.2) is 0 Å². The van der Waals surface area contributed by atoms with E-state index in [1.807, 2.05) is 0 Å². The van der Waals surface area contributed by atoms with Gasteiger partial charge < -0.3 is 15.3 Å². The molecular weight excluding hydrogens is 300 g/mol. The number of piperidine rings is 1. The summed E-state index contributed by atoms with van der Waals surface area (Å²) in [6, 6.07) is -0.279. The lowest BCUT2D eigenvalue weighted by atomic mass is 10.1. The van der Waals surface area contributed by atoms with E-state index >= 15 is 0 Å². The second-order valence-corrected chi connectivity index (χ2v) is 5.74. The molecule has 0 radical (unpaired) electrons. The van der Waals surface area contributed by atoms with Crippen LogP contribution in [0.25, 0.3) is 21.8 Å². The highest BCUT2D eigenvalue weighted by atomic mass is 16.2. The molecule has 0 atom stereocenters. The molecule has 0 saturated carbocycles. The van der Waals surface area contributed by atoms with E-state index in [2.05, 4.69) is 15.3 Å². The Morgan fingerprint density at radius 1 is 0.826 bits per heavy atom. The van der Waals surface area contributed by atoms with Crippen molar-refractivity contribution in [1.82, 2.24) is 19.9 Å². The van der Waals surface area contributed by atoms with Gasteiger partial charge in [-0.15, -0.1) is 0 Å². The third kappa shape index (κ3) is 1.81. The van der Waals surface area contributed by atoms with Crippen molar-refractivity contribution in [2.75, 3.05) is 13.1 Å². The zero-order valence-electron chi connectivity index (χ0n) is 12.1. The molecule has 1 aliphatic heterocycles. The van der Waals surface area contributed by atoms with Crippen molar-refractivity contribution < 1.29 is 0 Å². The number of benzene rings is 1. The summed E-state index contributed by atoms with van der Waals surface area (Å²) in [5, 5.41) is 2.55. The van der Waals surface area contributed by atoms with Crippen LogP contribution in [0.4, 0.5) is 0 Å². The Labute approximate surface area is 128 Å². The molecule has 0 spiro atoms. The number of aromatic nitrogens is 3. The maximum atomic E-state index is 12.6. The molecule has 0 bridgehead atoms. The average molecular weight is 314 g/mol. The van der Waals surface area contributed by atoms with E-state index in [1.54, 1.807) is 0 Å². The molecule has 1 saturated heterocycles. The summed E-state index contributed by atoms with van der Waals surface area (Å²) in [6.07, 6.45) is 4.15. The Kier molecular flexibility index (Phi) is 2.95. The standard InChI is InChI=1S/C15H14N4O4/c20-12-8-9(13(21)11-10(12)17-5-6-18-11)15(23)19(14(8)22)7-1-3-16-4-2-7/h5-7,16-18H,1-4H2. The fraction of sp³-hybridized carbons (Fsp3) is 0.333. The van der Waals surface area contributed by atoms with Crippen LogP contribution in [0, 0.1) is 0 Å². The molecule has 8 nitrogen and oxygen atoms in total. The first-order chi connectivity index (χ1) is 11.1. The van der Waals surface area contributed by atoms with Gasteiger partial charge in [0.15, 0.2) is 0 Å². The maximum Gasteiger partial charge on any atom is 0.266 e. The molecule has 3 heterocycles. The maximum absolute atomic E-state index is 12.6. The van der Waals surface area contributed by atoms with Crippen molar-refractivity contribution in [3.05, 3.63) is 53.5 Å². The van der Waals surface area contributed by atoms with E-state index in [0.717, 1.165) is 4.57 Å². The van der Waals surface area contributed by atoms with Gasteiger partial charge in [0.05, 0.1) is 0 Å². The smallest absolute Gasteiger partial charge is 0.266 e. The summed E-state index contributed by atoms with van der Waals surface area (Å²) in [7, 11) is 0. The number of fused-ring (bicyclic) bond motifs is 2. The molecule has 1 aliphatic rings. The molecule has 0 unspecified atom stereocenters. The van der Waals surface area contributed by atoms with Crippen molar-refractivity contribution in [3.8, 4) is 0 Å². The van der Waals surface area contributed by atoms with Crippen molar-refractivity contribution in [1.29, 1.82) is 0 Å². The van der Waals surface area contributed by atoms with Crippen LogP contribution >= 0.6 is 0 Å². The highest BCUT2D eigenvalue weighted by Crippen LogP contribution is 2.16. The molecule has 8 heteroatoms.